The second-order valence-corrected chi connectivity index (χ2v) is 8.61. The molecule has 7 heteroatoms. The number of likely N-dealkylation sites (tertiary alicyclic amines) is 1. The van der Waals surface area contributed by atoms with Crippen LogP contribution in [0.5, 0.6) is 0 Å². The maximum absolute atomic E-state index is 10.7. The van der Waals surface area contributed by atoms with Gasteiger partial charge in [-0.15, -0.1) is 0 Å². The largest absolute Gasteiger partial charge is 0.481 e. The van der Waals surface area contributed by atoms with E-state index in [4.69, 9.17) is 9.63 Å². The van der Waals surface area contributed by atoms with Crippen molar-refractivity contribution in [1.29, 1.82) is 0 Å². The van der Waals surface area contributed by atoms with Crippen LogP contribution in [0.1, 0.15) is 30.4 Å². The highest BCUT2D eigenvalue weighted by atomic mass is 16.5. The van der Waals surface area contributed by atoms with Gasteiger partial charge in [0, 0.05) is 61.6 Å². The van der Waals surface area contributed by atoms with Crippen LogP contribution in [0.3, 0.4) is 0 Å². The number of fused-ring (bicyclic) bond motifs is 1. The van der Waals surface area contributed by atoms with E-state index in [0.717, 1.165) is 47.9 Å². The van der Waals surface area contributed by atoms with Crippen LogP contribution in [0.15, 0.2) is 47.2 Å². The zero-order valence-electron chi connectivity index (χ0n) is 18.1. The number of aryl methyl sites for hydroxylation is 1. The summed E-state index contributed by atoms with van der Waals surface area (Å²) in [6, 6.07) is 10.1. The van der Waals surface area contributed by atoms with Crippen molar-refractivity contribution in [2.45, 2.75) is 26.3 Å². The number of carboxylic acid groups (broad SMARTS) is 1. The van der Waals surface area contributed by atoms with E-state index in [1.165, 1.54) is 0 Å². The molecule has 1 N–H and O–H groups in total. The second kappa shape index (κ2) is 8.64. The van der Waals surface area contributed by atoms with E-state index in [1.54, 1.807) is 0 Å². The third kappa shape index (κ3) is 4.32. The van der Waals surface area contributed by atoms with Gasteiger partial charge in [0.15, 0.2) is 5.76 Å². The summed E-state index contributed by atoms with van der Waals surface area (Å²) in [5, 5.41) is 13.0. The number of nitrogens with zero attached hydrogens (tertiary/aromatic N) is 4. The zero-order chi connectivity index (χ0) is 22.1. The van der Waals surface area contributed by atoms with Crippen molar-refractivity contribution < 1.29 is 14.4 Å². The normalized spacial score (nSPS) is 21.7. The number of hydrogen-bond acceptors (Lipinski definition) is 5. The van der Waals surface area contributed by atoms with Crippen LogP contribution in [0.2, 0.25) is 0 Å². The highest BCUT2D eigenvalue weighted by Crippen LogP contribution is 2.51. The van der Waals surface area contributed by atoms with Crippen LogP contribution >= 0.6 is 0 Å². The van der Waals surface area contributed by atoms with E-state index in [9.17, 15) is 4.79 Å². The van der Waals surface area contributed by atoms with Gasteiger partial charge in [-0.05, 0) is 36.1 Å². The SMILES string of the molecule is CCc1nccn1Cc1cc(-c2ccc(C#CC3[C@H]4CN(CCC(=O)O)C[C@@H]34)cc2)on1. The lowest BCUT2D eigenvalue weighted by atomic mass is 10.1. The minimum absolute atomic E-state index is 0.220. The molecule has 3 aromatic rings. The van der Waals surface area contributed by atoms with E-state index in [0.29, 0.717) is 30.8 Å². The molecular formula is C25H26N4O3. The van der Waals surface area contributed by atoms with Crippen molar-refractivity contribution in [2.75, 3.05) is 19.6 Å². The number of benzene rings is 1. The van der Waals surface area contributed by atoms with Gasteiger partial charge in [-0.1, -0.05) is 23.9 Å². The van der Waals surface area contributed by atoms with Crippen molar-refractivity contribution in [3.8, 4) is 23.2 Å². The van der Waals surface area contributed by atoms with Gasteiger partial charge in [0.2, 0.25) is 0 Å². The molecule has 1 aromatic carbocycles. The third-order valence-corrected chi connectivity index (χ3v) is 6.47. The van der Waals surface area contributed by atoms with Crippen LogP contribution in [0, 0.1) is 29.6 Å². The summed E-state index contributed by atoms with van der Waals surface area (Å²) in [6.45, 7) is 5.33. The maximum Gasteiger partial charge on any atom is 0.304 e. The van der Waals surface area contributed by atoms with E-state index in [1.807, 2.05) is 42.7 Å². The third-order valence-electron chi connectivity index (χ3n) is 6.47. The lowest BCUT2D eigenvalue weighted by Gasteiger charge is -2.16. The van der Waals surface area contributed by atoms with Crippen LogP contribution in [0.4, 0.5) is 0 Å². The number of piperidine rings is 1. The van der Waals surface area contributed by atoms with Crippen LogP contribution < -0.4 is 0 Å². The van der Waals surface area contributed by atoms with Crippen LogP contribution in [0.25, 0.3) is 11.3 Å². The summed E-state index contributed by atoms with van der Waals surface area (Å²) in [4.78, 5) is 17.3. The van der Waals surface area contributed by atoms with Crippen molar-refractivity contribution in [2.24, 2.45) is 17.8 Å². The molecule has 1 saturated heterocycles. The van der Waals surface area contributed by atoms with Crippen molar-refractivity contribution in [3.05, 3.63) is 59.8 Å². The number of hydrogen-bond donors (Lipinski definition) is 1. The van der Waals surface area contributed by atoms with Gasteiger partial charge in [0.05, 0.1) is 13.0 Å². The summed E-state index contributed by atoms with van der Waals surface area (Å²) >= 11 is 0. The fourth-order valence-corrected chi connectivity index (χ4v) is 4.64. The summed E-state index contributed by atoms with van der Waals surface area (Å²) in [5.74, 6) is 9.44. The summed E-state index contributed by atoms with van der Waals surface area (Å²) in [5.41, 5.74) is 2.84. The molecule has 3 atom stereocenters. The van der Waals surface area contributed by atoms with Gasteiger partial charge >= 0.3 is 5.97 Å². The summed E-state index contributed by atoms with van der Waals surface area (Å²) < 4.78 is 7.64. The Balaban J connectivity index is 1.16. The average molecular weight is 431 g/mol. The molecule has 5 rings (SSSR count). The molecule has 1 aliphatic carbocycles. The first kappa shape index (κ1) is 20.5. The molecule has 1 unspecified atom stereocenters. The fourth-order valence-electron chi connectivity index (χ4n) is 4.64. The standard InChI is InChI=1S/C25H26N4O3/c1-2-24-26-10-12-29(24)14-19-13-23(32-27-19)18-6-3-17(4-7-18)5-8-20-21-15-28(16-22(20)21)11-9-25(30)31/h3-4,6-7,10,12-13,20-22H,2,9,11,14-16H2,1H3,(H,30,31)/t20?,21-,22+. The van der Waals surface area contributed by atoms with Crippen molar-refractivity contribution >= 4 is 5.97 Å². The second-order valence-electron chi connectivity index (χ2n) is 8.61. The Morgan fingerprint density at radius 2 is 2.03 bits per heavy atom. The first-order chi connectivity index (χ1) is 15.6. The molecule has 2 aromatic heterocycles. The van der Waals surface area contributed by atoms with Gasteiger partial charge in [0.1, 0.15) is 11.5 Å². The molecule has 0 amide bonds. The Labute approximate surface area is 187 Å². The number of aromatic nitrogens is 3. The van der Waals surface area contributed by atoms with Crippen LogP contribution in [-0.2, 0) is 17.8 Å². The molecule has 1 saturated carbocycles. The number of aliphatic carboxylic acids is 1. The van der Waals surface area contributed by atoms with E-state index in [-0.39, 0.29) is 6.42 Å². The lowest BCUT2D eigenvalue weighted by molar-refractivity contribution is -0.137. The van der Waals surface area contributed by atoms with E-state index >= 15 is 0 Å². The van der Waals surface area contributed by atoms with Gasteiger partial charge in [-0.3, -0.25) is 4.79 Å². The molecule has 0 bridgehead atoms. The number of carboxylic acids is 1. The Kier molecular flexibility index (Phi) is 5.54. The number of imidazole rings is 1. The predicted octanol–water partition coefficient (Wildman–Crippen LogP) is 3.15. The van der Waals surface area contributed by atoms with Gasteiger partial charge in [-0.25, -0.2) is 4.98 Å². The zero-order valence-corrected chi connectivity index (χ0v) is 18.1. The van der Waals surface area contributed by atoms with Crippen molar-refractivity contribution in [1.82, 2.24) is 19.6 Å². The molecule has 0 spiro atoms. The van der Waals surface area contributed by atoms with Gasteiger partial charge < -0.3 is 19.1 Å². The highest BCUT2D eigenvalue weighted by molar-refractivity contribution is 5.66. The predicted molar refractivity (Wildman–Crippen MR) is 119 cm³/mol. The number of carbonyl (C=O) groups is 1. The molecule has 32 heavy (non-hydrogen) atoms. The molecule has 3 heterocycles. The average Bonchev–Trinajstić information content (AvgIpc) is 3.28. The maximum atomic E-state index is 10.7. The molecule has 1 aliphatic heterocycles. The van der Waals surface area contributed by atoms with Crippen LogP contribution in [-0.4, -0.2) is 50.3 Å². The molecular weight excluding hydrogens is 404 g/mol. The smallest absolute Gasteiger partial charge is 0.304 e. The minimum atomic E-state index is -0.726. The lowest BCUT2D eigenvalue weighted by Crippen LogP contribution is -2.26. The Bertz CT molecular complexity index is 1160. The van der Waals surface area contributed by atoms with Crippen molar-refractivity contribution in [3.63, 3.8) is 0 Å². The molecule has 2 fully saturated rings. The topological polar surface area (TPSA) is 84.4 Å². The fraction of sp³-hybridized carbons (Fsp3) is 0.400. The van der Waals surface area contributed by atoms with Gasteiger partial charge in [-0.2, -0.15) is 0 Å². The van der Waals surface area contributed by atoms with E-state index in [2.05, 4.69) is 38.4 Å². The minimum Gasteiger partial charge on any atom is -0.481 e. The quantitative estimate of drug-likeness (QED) is 0.580. The Morgan fingerprint density at radius 3 is 2.75 bits per heavy atom. The summed E-state index contributed by atoms with van der Waals surface area (Å²) in [7, 11) is 0. The number of rotatable bonds is 7. The Hall–Kier alpha value is -3.37. The van der Waals surface area contributed by atoms with E-state index < -0.39 is 5.97 Å². The first-order valence-electron chi connectivity index (χ1n) is 11.1. The first-order valence-corrected chi connectivity index (χ1v) is 11.1. The monoisotopic (exact) mass is 430 g/mol. The summed E-state index contributed by atoms with van der Waals surface area (Å²) in [6.07, 6.45) is 4.87. The molecule has 164 valence electrons. The molecule has 7 nitrogen and oxygen atoms in total. The highest BCUT2D eigenvalue weighted by Gasteiger charge is 2.54. The molecule has 2 aliphatic rings. The van der Waals surface area contributed by atoms with Gasteiger partial charge in [0.25, 0.3) is 0 Å². The Morgan fingerprint density at radius 1 is 1.25 bits per heavy atom. The molecule has 0 radical (unpaired) electrons.